The third-order valence-corrected chi connectivity index (χ3v) is 4.02. The van der Waals surface area contributed by atoms with Gasteiger partial charge in [-0.3, -0.25) is 4.79 Å². The molecule has 0 bridgehead atoms. The van der Waals surface area contributed by atoms with Gasteiger partial charge in [0.1, 0.15) is 5.60 Å². The minimum absolute atomic E-state index is 0.228. The minimum Gasteiger partial charge on any atom is -0.460 e. The predicted octanol–water partition coefficient (Wildman–Crippen LogP) is 4.75. The van der Waals surface area contributed by atoms with Gasteiger partial charge in [-0.25, -0.2) is 0 Å². The molecule has 0 aliphatic heterocycles. The number of nitrogens with two attached hydrogens (primary N) is 1. The van der Waals surface area contributed by atoms with E-state index in [1.54, 1.807) is 0 Å². The average molecular weight is 351 g/mol. The Hall–Kier alpha value is -2.39. The fourth-order valence-electron chi connectivity index (χ4n) is 2.63. The zero-order valence-electron chi connectivity index (χ0n) is 16.1. The molecule has 0 aromatic heterocycles. The van der Waals surface area contributed by atoms with Crippen molar-refractivity contribution in [2.45, 2.75) is 45.8 Å². The SMILES string of the molecule is Cc1ccc(C(N)C=CC(Cc2ccccc2)C(=O)OC(C)(C)C)cc1. The molecule has 3 heteroatoms. The molecule has 2 aromatic carbocycles. The molecule has 3 nitrogen and oxygen atoms in total. The highest BCUT2D eigenvalue weighted by atomic mass is 16.6. The quantitative estimate of drug-likeness (QED) is 0.603. The Kier molecular flexibility index (Phi) is 6.76. The van der Waals surface area contributed by atoms with Crippen LogP contribution in [0.25, 0.3) is 0 Å². The molecule has 2 N–H and O–H groups in total. The molecule has 0 amide bonds. The largest absolute Gasteiger partial charge is 0.460 e. The van der Waals surface area contributed by atoms with Gasteiger partial charge in [0.25, 0.3) is 0 Å². The van der Waals surface area contributed by atoms with E-state index in [9.17, 15) is 4.79 Å². The first kappa shape index (κ1) is 19.9. The summed E-state index contributed by atoms with van der Waals surface area (Å²) in [6.07, 6.45) is 4.36. The molecule has 138 valence electrons. The lowest BCUT2D eigenvalue weighted by Gasteiger charge is -2.23. The van der Waals surface area contributed by atoms with Crippen LogP contribution in [0, 0.1) is 12.8 Å². The highest BCUT2D eigenvalue weighted by Crippen LogP contribution is 2.19. The molecule has 2 aromatic rings. The molecule has 2 rings (SSSR count). The summed E-state index contributed by atoms with van der Waals surface area (Å²) in [5.74, 6) is -0.596. The van der Waals surface area contributed by atoms with E-state index in [2.05, 4.69) is 0 Å². The second-order valence-electron chi connectivity index (χ2n) is 7.65. The molecule has 26 heavy (non-hydrogen) atoms. The standard InChI is InChI=1S/C23H29NO2/c1-17-10-12-19(13-11-17)21(24)15-14-20(22(25)26-23(2,3)4)16-18-8-6-5-7-9-18/h5-15,20-21H,16,24H2,1-4H3. The molecule has 0 aliphatic rings. The van der Waals surface area contributed by atoms with Crippen LogP contribution < -0.4 is 5.73 Å². The van der Waals surface area contributed by atoms with Crippen LogP contribution in [-0.4, -0.2) is 11.6 Å². The zero-order chi connectivity index (χ0) is 19.2. The van der Waals surface area contributed by atoms with Crippen molar-refractivity contribution in [3.63, 3.8) is 0 Å². The number of hydrogen-bond acceptors (Lipinski definition) is 3. The highest BCUT2D eigenvalue weighted by molar-refractivity contribution is 5.75. The molecule has 0 heterocycles. The smallest absolute Gasteiger partial charge is 0.313 e. The van der Waals surface area contributed by atoms with Crippen LogP contribution in [-0.2, 0) is 16.0 Å². The summed E-state index contributed by atoms with van der Waals surface area (Å²) in [6.45, 7) is 7.69. The van der Waals surface area contributed by atoms with Crippen LogP contribution in [0.3, 0.4) is 0 Å². The molecule has 0 radical (unpaired) electrons. The van der Waals surface area contributed by atoms with E-state index in [0.717, 1.165) is 11.1 Å². The predicted molar refractivity (Wildman–Crippen MR) is 107 cm³/mol. The third kappa shape index (κ3) is 6.49. The lowest BCUT2D eigenvalue weighted by Crippen LogP contribution is -2.29. The third-order valence-electron chi connectivity index (χ3n) is 4.02. The molecular formula is C23H29NO2. The second-order valence-corrected chi connectivity index (χ2v) is 7.65. The Morgan fingerprint density at radius 3 is 2.23 bits per heavy atom. The van der Waals surface area contributed by atoms with Gasteiger partial charge in [-0.1, -0.05) is 72.3 Å². The van der Waals surface area contributed by atoms with Crippen molar-refractivity contribution in [2.24, 2.45) is 11.7 Å². The first-order chi connectivity index (χ1) is 12.2. The van der Waals surface area contributed by atoms with E-state index in [-0.39, 0.29) is 17.9 Å². The van der Waals surface area contributed by atoms with Crippen LogP contribution in [0.4, 0.5) is 0 Å². The summed E-state index contributed by atoms with van der Waals surface area (Å²) >= 11 is 0. The van der Waals surface area contributed by atoms with E-state index in [0.29, 0.717) is 6.42 Å². The van der Waals surface area contributed by atoms with E-state index in [4.69, 9.17) is 10.5 Å². The molecule has 0 spiro atoms. The Balaban J connectivity index is 2.16. The van der Waals surface area contributed by atoms with Gasteiger partial charge in [0.2, 0.25) is 0 Å². The van der Waals surface area contributed by atoms with E-state index in [1.165, 1.54) is 5.56 Å². The number of aryl methyl sites for hydroxylation is 1. The minimum atomic E-state index is -0.515. The Morgan fingerprint density at radius 1 is 1.04 bits per heavy atom. The summed E-state index contributed by atoms with van der Waals surface area (Å²) < 4.78 is 5.59. The van der Waals surface area contributed by atoms with Gasteiger partial charge < -0.3 is 10.5 Å². The lowest BCUT2D eigenvalue weighted by molar-refractivity contribution is -0.158. The first-order valence-corrected chi connectivity index (χ1v) is 9.02. The molecule has 0 fully saturated rings. The van der Waals surface area contributed by atoms with E-state index >= 15 is 0 Å². The van der Waals surface area contributed by atoms with E-state index in [1.807, 2.05) is 94.4 Å². The molecule has 2 atom stereocenters. The maximum absolute atomic E-state index is 12.6. The van der Waals surface area contributed by atoms with Crippen molar-refractivity contribution in [1.82, 2.24) is 0 Å². The van der Waals surface area contributed by atoms with Crippen LogP contribution in [0.1, 0.15) is 43.5 Å². The lowest BCUT2D eigenvalue weighted by atomic mass is 9.96. The number of carbonyl (C=O) groups is 1. The van der Waals surface area contributed by atoms with Gasteiger partial charge in [-0.2, -0.15) is 0 Å². The molecular weight excluding hydrogens is 322 g/mol. The fourth-order valence-corrected chi connectivity index (χ4v) is 2.63. The summed E-state index contributed by atoms with van der Waals surface area (Å²) in [7, 11) is 0. The number of ether oxygens (including phenoxy) is 1. The van der Waals surface area contributed by atoms with Crippen molar-refractivity contribution < 1.29 is 9.53 Å². The normalized spacial score (nSPS) is 14.2. The van der Waals surface area contributed by atoms with Gasteiger partial charge in [-0.15, -0.1) is 0 Å². The van der Waals surface area contributed by atoms with Gasteiger partial charge in [0.05, 0.1) is 5.92 Å². The van der Waals surface area contributed by atoms with Crippen LogP contribution in [0.5, 0.6) is 0 Å². The fraction of sp³-hybridized carbons (Fsp3) is 0.348. The molecule has 2 unspecified atom stereocenters. The van der Waals surface area contributed by atoms with Crippen LogP contribution >= 0.6 is 0 Å². The Labute approximate surface area is 156 Å². The molecule has 0 aliphatic carbocycles. The maximum atomic E-state index is 12.6. The number of rotatable bonds is 6. The van der Waals surface area contributed by atoms with Gasteiger partial charge in [0.15, 0.2) is 0 Å². The van der Waals surface area contributed by atoms with Crippen LogP contribution in [0.2, 0.25) is 0 Å². The zero-order valence-corrected chi connectivity index (χ0v) is 16.1. The van der Waals surface area contributed by atoms with Crippen molar-refractivity contribution in [3.05, 3.63) is 83.4 Å². The van der Waals surface area contributed by atoms with Gasteiger partial charge in [-0.05, 0) is 45.2 Å². The number of benzene rings is 2. The Bertz CT molecular complexity index is 727. The van der Waals surface area contributed by atoms with Crippen molar-refractivity contribution in [3.8, 4) is 0 Å². The average Bonchev–Trinajstić information content (AvgIpc) is 2.58. The van der Waals surface area contributed by atoms with Crippen molar-refractivity contribution >= 4 is 5.97 Å². The van der Waals surface area contributed by atoms with Crippen molar-refractivity contribution in [2.75, 3.05) is 0 Å². The number of carbonyl (C=O) groups excluding carboxylic acids is 1. The Morgan fingerprint density at radius 2 is 1.65 bits per heavy atom. The maximum Gasteiger partial charge on any atom is 0.313 e. The first-order valence-electron chi connectivity index (χ1n) is 9.02. The summed E-state index contributed by atoms with van der Waals surface area (Å²) in [5.41, 5.74) is 9.07. The second kappa shape index (κ2) is 8.81. The van der Waals surface area contributed by atoms with Gasteiger partial charge in [0, 0.05) is 6.04 Å². The summed E-state index contributed by atoms with van der Waals surface area (Å²) in [4.78, 5) is 12.6. The number of hydrogen-bond donors (Lipinski definition) is 1. The summed E-state index contributed by atoms with van der Waals surface area (Å²) in [5, 5.41) is 0. The van der Waals surface area contributed by atoms with Gasteiger partial charge >= 0.3 is 5.97 Å². The molecule has 0 saturated carbocycles. The number of esters is 1. The van der Waals surface area contributed by atoms with E-state index < -0.39 is 5.60 Å². The monoisotopic (exact) mass is 351 g/mol. The highest BCUT2D eigenvalue weighted by Gasteiger charge is 2.23. The molecule has 0 saturated heterocycles. The van der Waals surface area contributed by atoms with Crippen molar-refractivity contribution in [1.29, 1.82) is 0 Å². The topological polar surface area (TPSA) is 52.3 Å². The van der Waals surface area contributed by atoms with Crippen LogP contribution in [0.15, 0.2) is 66.7 Å². The summed E-state index contributed by atoms with van der Waals surface area (Å²) in [6, 6.07) is 17.8.